The molecule has 0 fully saturated rings. The minimum absolute atomic E-state index is 0.318. The van der Waals surface area contributed by atoms with Crippen LogP contribution in [0, 0.1) is 20.2 Å². The third-order valence-electron chi connectivity index (χ3n) is 3.31. The first kappa shape index (κ1) is 19.1. The van der Waals surface area contributed by atoms with Crippen molar-refractivity contribution in [3.63, 3.8) is 0 Å². The lowest BCUT2D eigenvalue weighted by molar-refractivity contribution is -0.385. The number of carbonyl (C=O) groups excluding carboxylic acids is 1. The highest BCUT2D eigenvalue weighted by Gasteiger charge is 2.39. The number of alkyl halides is 3. The minimum Gasteiger partial charge on any atom is -0.365 e. The van der Waals surface area contributed by atoms with Gasteiger partial charge in [0, 0.05) is 17.2 Å². The number of amides is 1. The second-order valence-corrected chi connectivity index (χ2v) is 5.40. The smallest absolute Gasteiger partial charge is 0.365 e. The summed E-state index contributed by atoms with van der Waals surface area (Å²) in [7, 11) is 0. The molecule has 0 aliphatic carbocycles. The molecular weight excluding hydrogens is 383 g/mol. The van der Waals surface area contributed by atoms with E-state index in [0.717, 1.165) is 12.1 Å². The van der Waals surface area contributed by atoms with Crippen LogP contribution in [-0.4, -0.2) is 15.8 Å². The van der Waals surface area contributed by atoms with Gasteiger partial charge in [0.2, 0.25) is 0 Å². The van der Waals surface area contributed by atoms with Gasteiger partial charge in [-0.2, -0.15) is 13.2 Å². The molecule has 26 heavy (non-hydrogen) atoms. The number of hydrogen-bond donors (Lipinski definition) is 1. The fourth-order valence-corrected chi connectivity index (χ4v) is 2.56. The lowest BCUT2D eigenvalue weighted by atomic mass is 9.93. The van der Waals surface area contributed by atoms with Crippen LogP contribution < -0.4 is 5.73 Å². The van der Waals surface area contributed by atoms with Crippen LogP contribution in [0.1, 0.15) is 15.9 Å². The normalized spacial score (nSPS) is 11.2. The average molecular weight is 390 g/mol. The molecule has 12 heteroatoms. The van der Waals surface area contributed by atoms with E-state index in [4.69, 9.17) is 17.3 Å². The Hall–Kier alpha value is -3.21. The molecule has 0 heterocycles. The molecule has 0 bridgehead atoms. The van der Waals surface area contributed by atoms with Crippen molar-refractivity contribution in [2.24, 2.45) is 5.73 Å². The van der Waals surface area contributed by atoms with Crippen molar-refractivity contribution in [3.8, 4) is 11.1 Å². The molecule has 0 radical (unpaired) electrons. The van der Waals surface area contributed by atoms with E-state index in [9.17, 15) is 38.2 Å². The topological polar surface area (TPSA) is 129 Å². The first-order valence-corrected chi connectivity index (χ1v) is 6.95. The summed E-state index contributed by atoms with van der Waals surface area (Å²) in [5.74, 6) is -1.33. The number of rotatable bonds is 4. The standard InChI is InChI=1S/C14H7ClF3N3O5/c15-7-3-6(4-8(5-7)20(23)24)11-10(14(16,17)18)2-1-9(13(19)22)12(11)21(25)26/h1-5H,(H2,19,22). The summed E-state index contributed by atoms with van der Waals surface area (Å²) in [6.45, 7) is 0. The summed E-state index contributed by atoms with van der Waals surface area (Å²) >= 11 is 5.70. The monoisotopic (exact) mass is 389 g/mol. The second kappa shape index (κ2) is 6.59. The number of primary amides is 1. The fraction of sp³-hybridized carbons (Fsp3) is 0.0714. The van der Waals surface area contributed by atoms with Crippen LogP contribution in [0.5, 0.6) is 0 Å². The average Bonchev–Trinajstić information content (AvgIpc) is 2.51. The van der Waals surface area contributed by atoms with Gasteiger partial charge in [-0.25, -0.2) is 0 Å². The van der Waals surface area contributed by atoms with Crippen molar-refractivity contribution in [3.05, 3.63) is 66.7 Å². The Balaban J connectivity index is 3.02. The molecular formula is C14H7ClF3N3O5. The highest BCUT2D eigenvalue weighted by Crippen LogP contribution is 2.44. The van der Waals surface area contributed by atoms with Crippen LogP contribution in [0.3, 0.4) is 0 Å². The van der Waals surface area contributed by atoms with Gasteiger partial charge in [-0.1, -0.05) is 11.6 Å². The molecule has 0 spiro atoms. The molecule has 2 aromatic carbocycles. The van der Waals surface area contributed by atoms with Crippen molar-refractivity contribution < 1.29 is 27.8 Å². The van der Waals surface area contributed by atoms with Gasteiger partial charge in [0.1, 0.15) is 5.56 Å². The number of halogens is 4. The third kappa shape index (κ3) is 3.57. The number of nitrogens with two attached hydrogens (primary N) is 1. The van der Waals surface area contributed by atoms with E-state index in [2.05, 4.69) is 0 Å². The SMILES string of the molecule is NC(=O)c1ccc(C(F)(F)F)c(-c2cc(Cl)cc([N+](=O)[O-])c2)c1[N+](=O)[O-]. The van der Waals surface area contributed by atoms with E-state index in [1.165, 1.54) is 0 Å². The van der Waals surface area contributed by atoms with Crippen molar-refractivity contribution in [2.45, 2.75) is 6.18 Å². The Morgan fingerprint density at radius 1 is 1.08 bits per heavy atom. The van der Waals surface area contributed by atoms with E-state index in [0.29, 0.717) is 18.2 Å². The minimum atomic E-state index is -5.05. The van der Waals surface area contributed by atoms with Crippen LogP contribution in [0.15, 0.2) is 30.3 Å². The summed E-state index contributed by atoms with van der Waals surface area (Å²) in [4.78, 5) is 31.6. The zero-order valence-corrected chi connectivity index (χ0v) is 13.2. The first-order chi connectivity index (χ1) is 11.9. The fourth-order valence-electron chi connectivity index (χ4n) is 2.33. The lowest BCUT2D eigenvalue weighted by Crippen LogP contribution is -2.17. The first-order valence-electron chi connectivity index (χ1n) is 6.57. The summed E-state index contributed by atoms with van der Waals surface area (Å²) < 4.78 is 40.1. The van der Waals surface area contributed by atoms with Gasteiger partial charge >= 0.3 is 6.18 Å². The molecule has 0 aliphatic rings. The zero-order valence-electron chi connectivity index (χ0n) is 12.4. The maximum atomic E-state index is 13.4. The van der Waals surface area contributed by atoms with Gasteiger partial charge in [0.15, 0.2) is 0 Å². The molecule has 0 saturated carbocycles. The van der Waals surface area contributed by atoms with Gasteiger partial charge < -0.3 is 5.73 Å². The summed E-state index contributed by atoms with van der Waals surface area (Å²) in [5.41, 5.74) is -0.724. The summed E-state index contributed by atoms with van der Waals surface area (Å²) in [6.07, 6.45) is -5.05. The van der Waals surface area contributed by atoms with Crippen molar-refractivity contribution in [1.82, 2.24) is 0 Å². The number of nitro groups is 2. The highest BCUT2D eigenvalue weighted by molar-refractivity contribution is 6.31. The molecule has 8 nitrogen and oxygen atoms in total. The molecule has 2 aromatic rings. The maximum Gasteiger partial charge on any atom is 0.417 e. The van der Waals surface area contributed by atoms with Crippen molar-refractivity contribution >= 4 is 28.9 Å². The second-order valence-electron chi connectivity index (χ2n) is 4.96. The largest absolute Gasteiger partial charge is 0.417 e. The predicted octanol–water partition coefficient (Wildman–Crippen LogP) is 3.94. The van der Waals surface area contributed by atoms with Gasteiger partial charge in [-0.3, -0.25) is 25.0 Å². The number of nitro benzene ring substituents is 2. The molecule has 2 N–H and O–H groups in total. The van der Waals surface area contributed by atoms with E-state index in [1.54, 1.807) is 0 Å². The molecule has 1 amide bonds. The zero-order chi connectivity index (χ0) is 19.8. The van der Waals surface area contributed by atoms with Crippen LogP contribution in [0.25, 0.3) is 11.1 Å². The van der Waals surface area contributed by atoms with E-state index in [-0.39, 0.29) is 5.02 Å². The molecule has 0 aromatic heterocycles. The van der Waals surface area contributed by atoms with Gasteiger partial charge in [0.25, 0.3) is 17.3 Å². The Morgan fingerprint density at radius 2 is 1.69 bits per heavy atom. The predicted molar refractivity (Wildman–Crippen MR) is 83.7 cm³/mol. The van der Waals surface area contributed by atoms with E-state index < -0.39 is 55.6 Å². The third-order valence-corrected chi connectivity index (χ3v) is 3.53. The quantitative estimate of drug-likeness (QED) is 0.625. The van der Waals surface area contributed by atoms with E-state index in [1.807, 2.05) is 0 Å². The van der Waals surface area contributed by atoms with Gasteiger partial charge in [-0.15, -0.1) is 0 Å². The Labute approximate surface area is 147 Å². The summed E-state index contributed by atoms with van der Waals surface area (Å²) in [6, 6.07) is 3.45. The summed E-state index contributed by atoms with van der Waals surface area (Å²) in [5, 5.41) is 22.0. The molecule has 2 rings (SSSR count). The van der Waals surface area contributed by atoms with Gasteiger partial charge in [0.05, 0.1) is 21.0 Å². The molecule has 0 aliphatic heterocycles. The number of carbonyl (C=O) groups is 1. The highest BCUT2D eigenvalue weighted by atomic mass is 35.5. The lowest BCUT2D eigenvalue weighted by Gasteiger charge is -2.15. The Kier molecular flexibility index (Phi) is 4.85. The maximum absolute atomic E-state index is 13.4. The number of non-ortho nitro benzene ring substituents is 1. The van der Waals surface area contributed by atoms with Crippen LogP contribution in [0.4, 0.5) is 24.5 Å². The molecule has 0 atom stereocenters. The Bertz CT molecular complexity index is 946. The van der Waals surface area contributed by atoms with Crippen LogP contribution in [-0.2, 0) is 6.18 Å². The van der Waals surface area contributed by atoms with Crippen molar-refractivity contribution in [2.75, 3.05) is 0 Å². The number of hydrogen-bond acceptors (Lipinski definition) is 5. The molecule has 0 unspecified atom stereocenters. The number of nitrogens with zero attached hydrogens (tertiary/aromatic N) is 2. The Morgan fingerprint density at radius 3 is 2.15 bits per heavy atom. The molecule has 0 saturated heterocycles. The van der Waals surface area contributed by atoms with Crippen LogP contribution >= 0.6 is 11.6 Å². The van der Waals surface area contributed by atoms with Crippen LogP contribution in [0.2, 0.25) is 5.02 Å². The van der Waals surface area contributed by atoms with Crippen molar-refractivity contribution in [1.29, 1.82) is 0 Å². The van der Waals surface area contributed by atoms with E-state index >= 15 is 0 Å². The molecule has 136 valence electrons. The number of benzene rings is 2. The van der Waals surface area contributed by atoms with Gasteiger partial charge in [-0.05, 0) is 23.8 Å².